The Balaban J connectivity index is 1.19. The van der Waals surface area contributed by atoms with E-state index >= 15 is 0 Å². The molecule has 1 N–H and O–H groups in total. The van der Waals surface area contributed by atoms with E-state index in [0.717, 1.165) is 55.9 Å². The van der Waals surface area contributed by atoms with E-state index in [0.29, 0.717) is 31.1 Å². The Hall–Kier alpha value is -2.32. The summed E-state index contributed by atoms with van der Waals surface area (Å²) in [5, 5.41) is 14.5. The van der Waals surface area contributed by atoms with E-state index in [1.807, 2.05) is 13.0 Å². The number of aliphatic hydroxyl groups is 1. The van der Waals surface area contributed by atoms with Crippen LogP contribution in [-0.2, 0) is 17.8 Å². The fourth-order valence-corrected chi connectivity index (χ4v) is 5.29. The van der Waals surface area contributed by atoms with Crippen LogP contribution < -0.4 is 5.56 Å². The standard InChI is InChI=1S/C23H29FN4O3/c1-14-17(23(30)28-9-2-3-19(29)22(28)25-14)8-12-27-10-6-15(7-11-27)21-18-5-4-16(24)13-20(18)31-26-21/h4-5,13,15,18-20,29H,2-3,6-12H2,1H3. The van der Waals surface area contributed by atoms with E-state index < -0.39 is 6.10 Å². The van der Waals surface area contributed by atoms with E-state index in [-0.39, 0.29) is 23.4 Å². The molecule has 31 heavy (non-hydrogen) atoms. The van der Waals surface area contributed by atoms with E-state index in [9.17, 15) is 14.3 Å². The average molecular weight is 429 g/mol. The number of aryl methyl sites for hydroxylation is 1. The maximum absolute atomic E-state index is 13.4. The molecule has 1 fully saturated rings. The normalized spacial score (nSPS) is 28.5. The van der Waals surface area contributed by atoms with E-state index in [1.54, 1.807) is 4.57 Å². The van der Waals surface area contributed by atoms with Gasteiger partial charge in [-0.05, 0) is 64.3 Å². The van der Waals surface area contributed by atoms with Gasteiger partial charge in [0.1, 0.15) is 17.8 Å². The first-order valence-electron chi connectivity index (χ1n) is 11.3. The summed E-state index contributed by atoms with van der Waals surface area (Å²) in [6, 6.07) is 0. The lowest BCUT2D eigenvalue weighted by atomic mass is 9.81. The summed E-state index contributed by atoms with van der Waals surface area (Å²) in [7, 11) is 0. The zero-order valence-electron chi connectivity index (χ0n) is 17.8. The van der Waals surface area contributed by atoms with Crippen LogP contribution in [0.1, 0.15) is 48.9 Å². The summed E-state index contributed by atoms with van der Waals surface area (Å²) in [6.45, 7) is 5.19. The number of oxime groups is 1. The van der Waals surface area contributed by atoms with Crippen molar-refractivity contribution in [2.45, 2.75) is 57.8 Å². The molecule has 0 spiro atoms. The number of rotatable bonds is 4. The Bertz CT molecular complexity index is 1010. The molecule has 1 aromatic heterocycles. The third kappa shape index (κ3) is 3.87. The molecule has 0 bridgehead atoms. The van der Waals surface area contributed by atoms with E-state index in [2.05, 4.69) is 15.0 Å². The molecule has 7 nitrogen and oxygen atoms in total. The van der Waals surface area contributed by atoms with Gasteiger partial charge in [-0.25, -0.2) is 9.37 Å². The van der Waals surface area contributed by atoms with Gasteiger partial charge in [0.05, 0.1) is 11.6 Å². The van der Waals surface area contributed by atoms with Gasteiger partial charge in [0.25, 0.3) is 5.56 Å². The summed E-state index contributed by atoms with van der Waals surface area (Å²) < 4.78 is 15.1. The highest BCUT2D eigenvalue weighted by atomic mass is 19.1. The van der Waals surface area contributed by atoms with Crippen molar-refractivity contribution in [3.8, 4) is 0 Å². The van der Waals surface area contributed by atoms with Gasteiger partial charge >= 0.3 is 0 Å². The lowest BCUT2D eigenvalue weighted by Crippen LogP contribution is -2.40. The van der Waals surface area contributed by atoms with Crippen molar-refractivity contribution in [2.75, 3.05) is 19.6 Å². The number of allylic oxidation sites excluding steroid dienone is 2. The number of aromatic nitrogens is 2. The van der Waals surface area contributed by atoms with Gasteiger partial charge in [0.2, 0.25) is 0 Å². The van der Waals surface area contributed by atoms with Crippen molar-refractivity contribution >= 4 is 5.71 Å². The Morgan fingerprint density at radius 2 is 2.06 bits per heavy atom. The molecule has 3 unspecified atom stereocenters. The monoisotopic (exact) mass is 428 g/mol. The first-order valence-corrected chi connectivity index (χ1v) is 11.3. The largest absolute Gasteiger partial charge is 0.387 e. The van der Waals surface area contributed by atoms with Crippen LogP contribution >= 0.6 is 0 Å². The fourth-order valence-electron chi connectivity index (χ4n) is 5.29. The lowest BCUT2D eigenvalue weighted by Gasteiger charge is -2.33. The number of hydrogen-bond donors (Lipinski definition) is 1. The predicted molar refractivity (Wildman–Crippen MR) is 114 cm³/mol. The Morgan fingerprint density at radius 3 is 2.87 bits per heavy atom. The molecule has 0 amide bonds. The molecule has 166 valence electrons. The molecule has 4 heterocycles. The van der Waals surface area contributed by atoms with Crippen LogP contribution in [0, 0.1) is 18.8 Å². The van der Waals surface area contributed by atoms with Crippen LogP contribution in [-0.4, -0.2) is 51.0 Å². The van der Waals surface area contributed by atoms with Crippen molar-refractivity contribution in [2.24, 2.45) is 17.0 Å². The molecule has 1 saturated heterocycles. The first-order chi connectivity index (χ1) is 15.0. The zero-order valence-corrected chi connectivity index (χ0v) is 17.8. The van der Waals surface area contributed by atoms with Crippen LogP contribution in [0.25, 0.3) is 0 Å². The quantitative estimate of drug-likeness (QED) is 0.797. The SMILES string of the molecule is Cc1nc2n(c(=O)c1CCN1CCC(C3=NOC4C=C(F)C=CC34)CC1)CCCC2O. The maximum atomic E-state index is 13.4. The molecule has 4 aliphatic rings. The highest BCUT2D eigenvalue weighted by molar-refractivity contribution is 5.92. The highest BCUT2D eigenvalue weighted by Gasteiger charge is 2.38. The van der Waals surface area contributed by atoms with Gasteiger partial charge in [0, 0.05) is 30.3 Å². The van der Waals surface area contributed by atoms with Crippen LogP contribution in [0.3, 0.4) is 0 Å². The Labute approximate surface area is 180 Å². The molecule has 8 heteroatoms. The second-order valence-corrected chi connectivity index (χ2v) is 9.04. The van der Waals surface area contributed by atoms with Gasteiger partial charge in [-0.3, -0.25) is 9.36 Å². The molecule has 5 rings (SSSR count). The van der Waals surface area contributed by atoms with Crippen molar-refractivity contribution in [1.29, 1.82) is 0 Å². The molecular formula is C23H29FN4O3. The fraction of sp³-hybridized carbons (Fsp3) is 0.609. The number of nitrogens with zero attached hydrogens (tertiary/aromatic N) is 4. The highest BCUT2D eigenvalue weighted by Crippen LogP contribution is 2.33. The summed E-state index contributed by atoms with van der Waals surface area (Å²) in [4.78, 5) is 25.4. The van der Waals surface area contributed by atoms with Gasteiger partial charge in [-0.15, -0.1) is 0 Å². The molecule has 0 radical (unpaired) electrons. The lowest BCUT2D eigenvalue weighted by molar-refractivity contribution is 0.103. The minimum absolute atomic E-state index is 0.00371. The van der Waals surface area contributed by atoms with Crippen molar-refractivity contribution < 1.29 is 14.3 Å². The maximum Gasteiger partial charge on any atom is 0.257 e. The summed E-state index contributed by atoms with van der Waals surface area (Å²) >= 11 is 0. The molecule has 3 atom stereocenters. The van der Waals surface area contributed by atoms with Crippen LogP contribution in [0.2, 0.25) is 0 Å². The number of fused-ring (bicyclic) bond motifs is 2. The van der Waals surface area contributed by atoms with E-state index in [1.165, 1.54) is 12.2 Å². The van der Waals surface area contributed by atoms with E-state index in [4.69, 9.17) is 4.84 Å². The second kappa shape index (κ2) is 8.31. The first kappa shape index (κ1) is 20.6. The van der Waals surface area contributed by atoms with Crippen molar-refractivity contribution in [3.05, 3.63) is 51.5 Å². The Morgan fingerprint density at radius 1 is 1.26 bits per heavy atom. The topological polar surface area (TPSA) is 80.0 Å². The third-order valence-corrected chi connectivity index (χ3v) is 7.10. The summed E-state index contributed by atoms with van der Waals surface area (Å²) in [5.41, 5.74) is 2.54. The van der Waals surface area contributed by atoms with Crippen molar-refractivity contribution in [3.63, 3.8) is 0 Å². The van der Waals surface area contributed by atoms with Crippen LogP contribution in [0.15, 0.2) is 34.0 Å². The molecule has 0 aromatic carbocycles. The third-order valence-electron chi connectivity index (χ3n) is 7.10. The number of piperidine rings is 1. The predicted octanol–water partition coefficient (Wildman–Crippen LogP) is 2.43. The number of halogens is 1. The van der Waals surface area contributed by atoms with Gasteiger partial charge in [-0.2, -0.15) is 0 Å². The molecular weight excluding hydrogens is 399 g/mol. The van der Waals surface area contributed by atoms with Crippen LogP contribution in [0.4, 0.5) is 4.39 Å². The minimum Gasteiger partial charge on any atom is -0.387 e. The van der Waals surface area contributed by atoms with Gasteiger partial charge in [0.15, 0.2) is 6.10 Å². The minimum atomic E-state index is -0.638. The average Bonchev–Trinajstić information content (AvgIpc) is 3.18. The Kier molecular flexibility index (Phi) is 5.52. The van der Waals surface area contributed by atoms with Crippen LogP contribution in [0.5, 0.6) is 0 Å². The van der Waals surface area contributed by atoms with Gasteiger partial charge in [-0.1, -0.05) is 11.2 Å². The number of hydrogen-bond acceptors (Lipinski definition) is 6. The summed E-state index contributed by atoms with van der Waals surface area (Å²) in [6.07, 6.45) is 8.05. The summed E-state index contributed by atoms with van der Waals surface area (Å²) in [5.74, 6) is 0.660. The zero-order chi connectivity index (χ0) is 21.5. The molecule has 1 aliphatic carbocycles. The molecule has 1 aromatic rings. The van der Waals surface area contributed by atoms with Crippen molar-refractivity contribution in [1.82, 2.24) is 14.5 Å². The van der Waals surface area contributed by atoms with Gasteiger partial charge < -0.3 is 14.8 Å². The molecule has 0 saturated carbocycles. The molecule has 3 aliphatic heterocycles. The smallest absolute Gasteiger partial charge is 0.257 e. The number of aliphatic hydroxyl groups excluding tert-OH is 1. The second-order valence-electron chi connectivity index (χ2n) is 9.04. The number of likely N-dealkylation sites (tertiary alicyclic amines) is 1.